The molecule has 0 unspecified atom stereocenters. The van der Waals surface area contributed by atoms with E-state index in [9.17, 15) is 9.59 Å². The Bertz CT molecular complexity index is 882. The highest BCUT2D eigenvalue weighted by Gasteiger charge is 2.42. The number of carbonyl (C=O) groups is 2. The van der Waals surface area contributed by atoms with E-state index in [2.05, 4.69) is 6.92 Å². The van der Waals surface area contributed by atoms with Gasteiger partial charge in [0, 0.05) is 44.9 Å². The first kappa shape index (κ1) is 22.5. The Balaban J connectivity index is 1.19. The van der Waals surface area contributed by atoms with E-state index < -0.39 is 5.79 Å². The van der Waals surface area contributed by atoms with Gasteiger partial charge in [-0.05, 0) is 43.9 Å². The minimum Gasteiger partial charge on any atom is -0.486 e. The van der Waals surface area contributed by atoms with Gasteiger partial charge in [0.15, 0.2) is 5.79 Å². The van der Waals surface area contributed by atoms with Crippen molar-refractivity contribution in [1.29, 1.82) is 0 Å². The van der Waals surface area contributed by atoms with E-state index >= 15 is 0 Å². The summed E-state index contributed by atoms with van der Waals surface area (Å²) in [6.45, 7) is 8.53. The van der Waals surface area contributed by atoms with Crippen LogP contribution < -0.4 is 9.64 Å². The third-order valence-corrected chi connectivity index (χ3v) is 7.54. The Morgan fingerprint density at radius 3 is 2.39 bits per heavy atom. The van der Waals surface area contributed by atoms with Gasteiger partial charge in [-0.3, -0.25) is 9.69 Å². The number of hydrogen-bond donors (Lipinski definition) is 0. The van der Waals surface area contributed by atoms with E-state index in [1.165, 1.54) is 0 Å². The average molecular weight is 458 g/mol. The molecule has 33 heavy (non-hydrogen) atoms. The number of nitrogens with zero attached hydrogens (tertiary/aromatic N) is 3. The molecule has 1 atom stereocenters. The molecule has 0 saturated carbocycles. The lowest BCUT2D eigenvalue weighted by molar-refractivity contribution is -0.188. The standard InChI is InChI=1S/C25H35N3O5/c1-3-20-17-28(21-16-18(2)4-5-22(21)33-20)24(30)27-10-6-19(7-11-27)23(29)26-12-8-25(9-13-26)31-14-15-32-25/h4-5,16,19-20H,3,6-15,17H2,1-2H3/t20-/m1/s1. The van der Waals surface area contributed by atoms with Crippen LogP contribution in [-0.4, -0.2) is 79.6 Å². The Kier molecular flexibility index (Phi) is 6.22. The fourth-order valence-electron chi connectivity index (χ4n) is 5.45. The van der Waals surface area contributed by atoms with Crippen molar-refractivity contribution in [3.8, 4) is 5.75 Å². The van der Waals surface area contributed by atoms with Gasteiger partial charge in [-0.25, -0.2) is 4.79 Å². The van der Waals surface area contributed by atoms with E-state index in [0.717, 1.165) is 36.3 Å². The van der Waals surface area contributed by atoms with Gasteiger partial charge in [-0.2, -0.15) is 0 Å². The molecule has 0 radical (unpaired) electrons. The summed E-state index contributed by atoms with van der Waals surface area (Å²) in [5, 5.41) is 0. The minimum atomic E-state index is -0.463. The van der Waals surface area contributed by atoms with Gasteiger partial charge in [-0.1, -0.05) is 13.0 Å². The van der Waals surface area contributed by atoms with Crippen molar-refractivity contribution in [3.05, 3.63) is 23.8 Å². The molecule has 0 bridgehead atoms. The molecular formula is C25H35N3O5. The van der Waals surface area contributed by atoms with Crippen LogP contribution in [0, 0.1) is 12.8 Å². The molecule has 3 fully saturated rings. The van der Waals surface area contributed by atoms with Crippen LogP contribution in [-0.2, 0) is 14.3 Å². The lowest BCUT2D eigenvalue weighted by atomic mass is 9.93. The monoisotopic (exact) mass is 457 g/mol. The van der Waals surface area contributed by atoms with Crippen LogP contribution >= 0.6 is 0 Å². The predicted molar refractivity (Wildman–Crippen MR) is 123 cm³/mol. The summed E-state index contributed by atoms with van der Waals surface area (Å²) in [7, 11) is 0. The molecule has 1 aromatic rings. The van der Waals surface area contributed by atoms with Gasteiger partial charge in [0.2, 0.25) is 5.91 Å². The number of aryl methyl sites for hydroxylation is 1. The first-order valence-corrected chi connectivity index (χ1v) is 12.4. The first-order valence-electron chi connectivity index (χ1n) is 12.4. The molecule has 8 nitrogen and oxygen atoms in total. The van der Waals surface area contributed by atoms with Crippen molar-refractivity contribution >= 4 is 17.6 Å². The van der Waals surface area contributed by atoms with Gasteiger partial charge in [0.25, 0.3) is 0 Å². The average Bonchev–Trinajstić information content (AvgIpc) is 3.31. The van der Waals surface area contributed by atoms with Crippen LogP contribution in [0.25, 0.3) is 0 Å². The van der Waals surface area contributed by atoms with E-state index in [1.807, 2.05) is 39.8 Å². The number of likely N-dealkylation sites (tertiary alicyclic amines) is 2. The summed E-state index contributed by atoms with van der Waals surface area (Å²) in [6.07, 6.45) is 3.75. The summed E-state index contributed by atoms with van der Waals surface area (Å²) in [6, 6.07) is 6.02. The fraction of sp³-hybridized carbons (Fsp3) is 0.680. The van der Waals surface area contributed by atoms with Crippen molar-refractivity contribution in [2.24, 2.45) is 5.92 Å². The highest BCUT2D eigenvalue weighted by atomic mass is 16.7. The van der Waals surface area contributed by atoms with Gasteiger partial charge < -0.3 is 24.0 Å². The van der Waals surface area contributed by atoms with Crippen molar-refractivity contribution in [3.63, 3.8) is 0 Å². The highest BCUT2D eigenvalue weighted by molar-refractivity contribution is 5.94. The second-order valence-electron chi connectivity index (χ2n) is 9.71. The molecule has 3 saturated heterocycles. The normalized spacial score (nSPS) is 25.2. The molecule has 4 heterocycles. The summed E-state index contributed by atoms with van der Waals surface area (Å²) in [4.78, 5) is 32.3. The van der Waals surface area contributed by atoms with E-state index in [4.69, 9.17) is 14.2 Å². The topological polar surface area (TPSA) is 71.6 Å². The molecule has 5 rings (SSSR count). The van der Waals surface area contributed by atoms with Gasteiger partial charge >= 0.3 is 6.03 Å². The van der Waals surface area contributed by atoms with Crippen LogP contribution in [0.5, 0.6) is 5.75 Å². The van der Waals surface area contributed by atoms with Crippen molar-refractivity contribution in [1.82, 2.24) is 9.80 Å². The maximum Gasteiger partial charge on any atom is 0.324 e. The quantitative estimate of drug-likeness (QED) is 0.682. The smallest absolute Gasteiger partial charge is 0.324 e. The van der Waals surface area contributed by atoms with Crippen LogP contribution in [0.4, 0.5) is 10.5 Å². The number of urea groups is 1. The molecule has 1 spiro atoms. The maximum absolute atomic E-state index is 13.5. The molecule has 1 aromatic carbocycles. The minimum absolute atomic E-state index is 0.00139. The van der Waals surface area contributed by atoms with Crippen LogP contribution in [0.3, 0.4) is 0 Å². The Morgan fingerprint density at radius 2 is 1.73 bits per heavy atom. The number of ether oxygens (including phenoxy) is 3. The maximum atomic E-state index is 13.5. The van der Waals surface area contributed by atoms with Crippen LogP contribution in [0.2, 0.25) is 0 Å². The molecule has 3 amide bonds. The Hall–Kier alpha value is -2.32. The molecular weight excluding hydrogens is 422 g/mol. The third-order valence-electron chi connectivity index (χ3n) is 7.54. The van der Waals surface area contributed by atoms with Gasteiger partial charge in [0.1, 0.15) is 11.9 Å². The Morgan fingerprint density at radius 1 is 1.03 bits per heavy atom. The summed E-state index contributed by atoms with van der Waals surface area (Å²) >= 11 is 0. The number of carbonyl (C=O) groups excluding carboxylic acids is 2. The number of rotatable bonds is 2. The predicted octanol–water partition coefficient (Wildman–Crippen LogP) is 3.17. The zero-order valence-corrected chi connectivity index (χ0v) is 19.8. The van der Waals surface area contributed by atoms with Crippen molar-refractivity contribution in [2.45, 2.75) is 57.8 Å². The molecule has 180 valence electrons. The third kappa shape index (κ3) is 4.43. The van der Waals surface area contributed by atoms with Crippen LogP contribution in [0.1, 0.15) is 44.6 Å². The second-order valence-corrected chi connectivity index (χ2v) is 9.71. The van der Waals surface area contributed by atoms with E-state index in [-0.39, 0.29) is 24.0 Å². The Labute approximate surface area is 195 Å². The largest absolute Gasteiger partial charge is 0.486 e. The molecule has 0 N–H and O–H groups in total. The lowest BCUT2D eigenvalue weighted by Crippen LogP contribution is -2.53. The first-order chi connectivity index (χ1) is 16.0. The zero-order chi connectivity index (χ0) is 23.0. The number of benzene rings is 1. The SMILES string of the molecule is CC[C@@H]1CN(C(=O)N2CCC(C(=O)N3CCC4(CC3)OCCO4)CC2)c2cc(C)ccc2O1. The summed E-state index contributed by atoms with van der Waals surface area (Å²) in [5.41, 5.74) is 1.95. The molecule has 0 aromatic heterocycles. The van der Waals surface area contributed by atoms with Crippen molar-refractivity contribution in [2.75, 3.05) is 50.8 Å². The van der Waals surface area contributed by atoms with Crippen molar-refractivity contribution < 1.29 is 23.8 Å². The number of fused-ring (bicyclic) bond motifs is 1. The molecule has 4 aliphatic heterocycles. The fourth-order valence-corrected chi connectivity index (χ4v) is 5.45. The highest BCUT2D eigenvalue weighted by Crippen LogP contribution is 2.36. The molecule has 0 aliphatic carbocycles. The summed E-state index contributed by atoms with van der Waals surface area (Å²) in [5.74, 6) is 0.509. The number of hydrogen-bond acceptors (Lipinski definition) is 5. The zero-order valence-electron chi connectivity index (χ0n) is 19.8. The van der Waals surface area contributed by atoms with E-state index in [1.54, 1.807) is 0 Å². The van der Waals surface area contributed by atoms with Gasteiger partial charge in [0.05, 0.1) is 25.4 Å². The summed E-state index contributed by atoms with van der Waals surface area (Å²) < 4.78 is 17.6. The van der Waals surface area contributed by atoms with Crippen LogP contribution in [0.15, 0.2) is 18.2 Å². The number of piperidine rings is 2. The molecule has 8 heteroatoms. The van der Waals surface area contributed by atoms with E-state index in [0.29, 0.717) is 58.8 Å². The molecule has 4 aliphatic rings. The number of amides is 3. The van der Waals surface area contributed by atoms with Gasteiger partial charge in [-0.15, -0.1) is 0 Å². The number of anilines is 1. The second kappa shape index (κ2) is 9.14. The lowest BCUT2D eigenvalue weighted by Gasteiger charge is -2.41.